The van der Waals surface area contributed by atoms with Crippen LogP contribution >= 0.6 is 21.6 Å². The number of benzene rings is 2. The number of nitrogens with one attached hydrogen (secondary N) is 1. The molecule has 52 heavy (non-hydrogen) atoms. The van der Waals surface area contributed by atoms with Crippen molar-refractivity contribution in [2.45, 2.75) is 101 Å². The first-order valence-corrected chi connectivity index (χ1v) is 20.8. The maximum atomic E-state index is 13.6. The number of phenolic OH excluding ortho intramolecular Hbond substituents is 2. The molecule has 9 bridgehead atoms. The van der Waals surface area contributed by atoms with E-state index >= 15 is 0 Å². The van der Waals surface area contributed by atoms with E-state index < -0.39 is 19.2 Å². The zero-order valence-corrected chi connectivity index (χ0v) is 31.2. The lowest BCUT2D eigenvalue weighted by Crippen LogP contribution is -2.58. The summed E-state index contributed by atoms with van der Waals surface area (Å²) < 4.78 is 11.7. The van der Waals surface area contributed by atoms with Crippen molar-refractivity contribution >= 4 is 33.3 Å². The van der Waals surface area contributed by atoms with Crippen molar-refractivity contribution in [3.63, 3.8) is 0 Å². The van der Waals surface area contributed by atoms with Crippen molar-refractivity contribution in [1.82, 2.24) is 5.32 Å². The monoisotopic (exact) mass is 751 g/mol. The van der Waals surface area contributed by atoms with Crippen molar-refractivity contribution in [3.05, 3.63) is 46.0 Å². The first kappa shape index (κ1) is 37.1. The number of ether oxygens (including phenoxy) is 2. The lowest BCUT2D eigenvalue weighted by molar-refractivity contribution is -0.122. The van der Waals surface area contributed by atoms with Crippen LogP contribution in [0.25, 0.3) is 0 Å². The van der Waals surface area contributed by atoms with Crippen LogP contribution in [-0.4, -0.2) is 79.5 Å². The smallest absolute Gasteiger partial charge is 0.201 e. The van der Waals surface area contributed by atoms with Crippen molar-refractivity contribution in [1.29, 1.82) is 0 Å². The third-order valence-electron chi connectivity index (χ3n) is 11.7. The van der Waals surface area contributed by atoms with Gasteiger partial charge in [-0.3, -0.25) is 4.79 Å². The molecule has 2 aromatic rings. The molecule has 1 saturated carbocycles. The van der Waals surface area contributed by atoms with Crippen LogP contribution in [0.3, 0.4) is 0 Å². The number of rotatable bonds is 3. The molecule has 7 rings (SSSR count). The van der Waals surface area contributed by atoms with E-state index in [4.69, 9.17) is 20.2 Å². The van der Waals surface area contributed by atoms with Gasteiger partial charge in [0.2, 0.25) is 6.29 Å². The van der Waals surface area contributed by atoms with Gasteiger partial charge in [0.15, 0.2) is 35.8 Å². The quantitative estimate of drug-likeness (QED) is 0.137. The highest BCUT2D eigenvalue weighted by atomic mass is 33.1. The maximum absolute atomic E-state index is 13.6. The number of aromatic hydroxyl groups is 2. The Hall–Kier alpha value is -3.28. The van der Waals surface area contributed by atoms with Crippen molar-refractivity contribution < 1.29 is 39.8 Å². The van der Waals surface area contributed by atoms with Gasteiger partial charge in [-0.25, -0.2) is 4.99 Å². The predicted octanol–water partition coefficient (Wildman–Crippen LogP) is 3.81. The third-order valence-corrected chi connectivity index (χ3v) is 14.7. The van der Waals surface area contributed by atoms with Gasteiger partial charge in [0.25, 0.3) is 0 Å². The van der Waals surface area contributed by atoms with Crippen molar-refractivity contribution in [3.8, 4) is 34.8 Å². The predicted molar refractivity (Wildman–Crippen MR) is 201 cm³/mol. The number of phenols is 2. The lowest BCUT2D eigenvalue weighted by atomic mass is 9.65. The summed E-state index contributed by atoms with van der Waals surface area (Å²) in [5.41, 5.74) is 9.78. The van der Waals surface area contributed by atoms with E-state index in [0.29, 0.717) is 54.3 Å². The van der Waals surface area contributed by atoms with E-state index in [1.165, 1.54) is 6.07 Å². The largest absolute Gasteiger partial charge is 0.504 e. The second-order valence-electron chi connectivity index (χ2n) is 15.3. The Kier molecular flexibility index (Phi) is 11.1. The lowest BCUT2D eigenvalue weighted by Gasteiger charge is -2.50. The zero-order valence-electron chi connectivity index (χ0n) is 29.6. The Morgan fingerprint density at radius 2 is 1.92 bits per heavy atom. The van der Waals surface area contributed by atoms with Gasteiger partial charge >= 0.3 is 0 Å². The zero-order chi connectivity index (χ0) is 36.7. The average Bonchev–Trinajstić information content (AvgIpc) is 3.10. The summed E-state index contributed by atoms with van der Waals surface area (Å²) in [6.07, 6.45) is 1.83. The number of carbonyl (C=O) groups is 1. The first-order chi connectivity index (χ1) is 25.0. The van der Waals surface area contributed by atoms with Gasteiger partial charge in [0.1, 0.15) is 5.78 Å². The second-order valence-corrected chi connectivity index (χ2v) is 17.9. The van der Waals surface area contributed by atoms with Gasteiger partial charge in [-0.1, -0.05) is 59.4 Å². The topological polar surface area (TPSA) is 187 Å². The maximum Gasteiger partial charge on any atom is 0.201 e. The molecule has 280 valence electrons. The molecular weight excluding hydrogens is 703 g/mol. The Labute approximate surface area is 312 Å². The summed E-state index contributed by atoms with van der Waals surface area (Å²) in [6, 6.07) is 5.06. The number of hydrogen-bond donors (Lipinski definition) is 7. The van der Waals surface area contributed by atoms with Gasteiger partial charge in [-0.05, 0) is 73.5 Å². The van der Waals surface area contributed by atoms with Crippen LogP contribution in [-0.2, 0) is 30.5 Å². The highest BCUT2D eigenvalue weighted by Gasteiger charge is 2.50. The number of carbonyl (C=O) groups excluding carboxylic acids is 1. The fourth-order valence-corrected chi connectivity index (χ4v) is 12.7. The molecule has 0 saturated heterocycles. The Balaban J connectivity index is 1.34. The molecule has 13 heteroatoms. The first-order valence-electron chi connectivity index (χ1n) is 18.4. The van der Waals surface area contributed by atoms with Crippen LogP contribution in [0.4, 0.5) is 0 Å². The van der Waals surface area contributed by atoms with E-state index in [1.54, 1.807) is 16.9 Å². The number of guanidine groups is 1. The molecule has 3 aliphatic carbocycles. The molecule has 0 unspecified atom stereocenters. The third kappa shape index (κ3) is 7.42. The SMILES string of the molecule is CC(C)[C@H]1CSS[C@@H]2[C@@H]3CC[C@H](NC(N)=N1)[C@H]2[C@@H]1Cc2c4cc(c(O)c2O[C@H]1O)CC#Cc1c(ccc(O)c1OCO)CCC(=O)C[C@H](O)[C@H](C4)C3. The summed E-state index contributed by atoms with van der Waals surface area (Å²) in [6.45, 7) is 3.63. The number of aryl methyl sites for hydroxylation is 1. The van der Waals surface area contributed by atoms with E-state index in [9.17, 15) is 30.3 Å². The molecule has 5 aliphatic rings. The van der Waals surface area contributed by atoms with Gasteiger partial charge in [-0.2, -0.15) is 0 Å². The van der Waals surface area contributed by atoms with E-state index in [1.807, 2.05) is 16.9 Å². The van der Waals surface area contributed by atoms with Crippen LogP contribution in [0.5, 0.6) is 23.0 Å². The number of ketones is 1. The Morgan fingerprint density at radius 3 is 2.71 bits per heavy atom. The molecule has 11 nitrogen and oxygen atoms in total. The van der Waals surface area contributed by atoms with E-state index in [-0.39, 0.29) is 89.0 Å². The molecule has 1 fully saturated rings. The average molecular weight is 752 g/mol. The fraction of sp³-hybridized carbons (Fsp3) is 0.590. The van der Waals surface area contributed by atoms with Crippen molar-refractivity contribution in [2.24, 2.45) is 40.3 Å². The van der Waals surface area contributed by atoms with Crippen LogP contribution in [0.15, 0.2) is 23.2 Å². The van der Waals surface area contributed by atoms with Gasteiger partial charge in [-0.15, -0.1) is 0 Å². The highest BCUT2D eigenvalue weighted by Crippen LogP contribution is 2.54. The summed E-state index contributed by atoms with van der Waals surface area (Å²) in [4.78, 5) is 18.4. The summed E-state index contributed by atoms with van der Waals surface area (Å²) in [5.74, 6) is 7.17. The molecule has 0 aromatic heterocycles. The second kappa shape index (κ2) is 15.6. The molecule has 9 atom stereocenters. The number of hydrogen-bond acceptors (Lipinski definition) is 13. The minimum absolute atomic E-state index is 0.00924. The van der Waals surface area contributed by atoms with Crippen LogP contribution in [0.2, 0.25) is 0 Å². The molecule has 8 N–H and O–H groups in total. The number of fused-ring (bicyclic) bond motifs is 4. The van der Waals surface area contributed by atoms with Crippen LogP contribution in [0, 0.1) is 41.4 Å². The van der Waals surface area contributed by atoms with Gasteiger partial charge in [0, 0.05) is 59.3 Å². The molecule has 2 heterocycles. The standard InChI is InChI=1S/C39H49N3O8S2/c1-19(2)30-17-51-52-37-22-7-10-29(41-39(40)42-30)33(37)28-16-27-23-12-21(34(47)36(27)50-38(28)48)4-3-5-26-20(8-11-31(45)35(26)49-18-43)6-9-25(44)15-32(46)24(13-22)14-23/h8,11-12,19,22,24,28-30,32-33,37-38,43,45-48H,4,6-7,9-10,13-18H2,1-2H3,(H3,40,41,42)/t22-,24+,28+,29+,30-,32+,33-,37-,38-/m1/s1. The summed E-state index contributed by atoms with van der Waals surface area (Å²) in [7, 11) is 3.65. The van der Waals surface area contributed by atoms with Gasteiger partial charge in [0.05, 0.1) is 17.7 Å². The normalized spacial score (nSPS) is 31.8. The van der Waals surface area contributed by atoms with Crippen LogP contribution < -0.4 is 20.5 Å². The number of nitrogens with two attached hydrogens (primary N) is 1. The molecule has 2 aliphatic heterocycles. The number of aliphatic hydroxyl groups is 3. The molecular formula is C39H49N3O8S2. The van der Waals surface area contributed by atoms with E-state index in [2.05, 4.69) is 31.0 Å². The fourth-order valence-electron chi connectivity index (χ4n) is 8.93. The van der Waals surface area contributed by atoms with Gasteiger partial charge < -0.3 is 46.1 Å². The molecule has 0 spiro atoms. The van der Waals surface area contributed by atoms with Crippen molar-refractivity contribution in [2.75, 3.05) is 12.5 Å². The molecule has 0 amide bonds. The highest BCUT2D eigenvalue weighted by molar-refractivity contribution is 8.77. The summed E-state index contributed by atoms with van der Waals surface area (Å²) in [5, 5.41) is 59.1. The Morgan fingerprint density at radius 1 is 1.10 bits per heavy atom. The number of Topliss-reactive ketones (excluding diaryl/α,β-unsaturated/α-hetero) is 1. The summed E-state index contributed by atoms with van der Waals surface area (Å²) >= 11 is 0. The minimum Gasteiger partial charge on any atom is -0.504 e. The minimum atomic E-state index is -1.18. The van der Waals surface area contributed by atoms with Crippen LogP contribution in [0.1, 0.15) is 73.8 Å². The molecule has 2 aromatic carbocycles. The Bertz CT molecular complexity index is 1780. The molecule has 0 radical (unpaired) electrons. The number of aliphatic imine (C=N–C) groups is 1. The number of nitrogens with zero attached hydrogens (tertiary/aromatic N) is 1. The number of aliphatic hydroxyl groups excluding tert-OH is 3. The van der Waals surface area contributed by atoms with E-state index in [0.717, 1.165) is 29.7 Å².